The predicted octanol–water partition coefficient (Wildman–Crippen LogP) is -1.73. The van der Waals surface area contributed by atoms with E-state index in [1.54, 1.807) is 0 Å². The summed E-state index contributed by atoms with van der Waals surface area (Å²) in [5, 5.41) is 13.4. The van der Waals surface area contributed by atoms with Crippen molar-refractivity contribution in [2.45, 2.75) is 31.7 Å². The van der Waals surface area contributed by atoms with Gasteiger partial charge in [-0.2, -0.15) is 0 Å². The normalized spacial score (nSPS) is 11.4. The number of nitrogens with one attached hydrogen (secondary N) is 2. The topological polar surface area (TPSA) is 165 Å². The highest BCUT2D eigenvalue weighted by Gasteiger charge is 2.20. The van der Waals surface area contributed by atoms with E-state index in [0.717, 1.165) is 0 Å². The van der Waals surface area contributed by atoms with Gasteiger partial charge in [-0.05, 0) is 12.8 Å². The van der Waals surface area contributed by atoms with Crippen LogP contribution in [0.5, 0.6) is 0 Å². The molecule has 108 valence electrons. The van der Waals surface area contributed by atoms with Crippen LogP contribution in [0, 0.1) is 0 Å². The van der Waals surface area contributed by atoms with Crippen molar-refractivity contribution in [2.24, 2.45) is 11.5 Å². The molecule has 0 bridgehead atoms. The van der Waals surface area contributed by atoms with E-state index in [2.05, 4.69) is 10.6 Å². The van der Waals surface area contributed by atoms with Crippen molar-refractivity contribution >= 4 is 23.8 Å². The molecule has 0 saturated carbocycles. The molecule has 9 heteroatoms. The fourth-order valence-corrected chi connectivity index (χ4v) is 1.22. The lowest BCUT2D eigenvalue weighted by Gasteiger charge is -2.14. The summed E-state index contributed by atoms with van der Waals surface area (Å²) in [5.74, 6) is -2.38. The van der Waals surface area contributed by atoms with Gasteiger partial charge in [0.2, 0.25) is 11.8 Å². The Morgan fingerprint density at radius 2 is 1.63 bits per heavy atom. The van der Waals surface area contributed by atoms with Gasteiger partial charge in [0.05, 0.1) is 0 Å². The summed E-state index contributed by atoms with van der Waals surface area (Å²) < 4.78 is 0. The minimum absolute atomic E-state index is 0.0840. The highest BCUT2D eigenvalue weighted by atomic mass is 16.4. The zero-order chi connectivity index (χ0) is 14.8. The molecule has 0 aliphatic rings. The molecule has 0 fully saturated rings. The molecule has 0 aromatic carbocycles. The molecule has 0 spiro atoms. The summed E-state index contributed by atoms with van der Waals surface area (Å²) in [5.41, 5.74) is 9.80. The molecule has 0 saturated heterocycles. The quantitative estimate of drug-likeness (QED) is 0.315. The molecule has 0 aromatic heterocycles. The van der Waals surface area contributed by atoms with Crippen molar-refractivity contribution in [1.29, 1.82) is 0 Å². The summed E-state index contributed by atoms with van der Waals surface area (Å²) in [4.78, 5) is 43.1. The van der Waals surface area contributed by atoms with Crippen LogP contribution in [0.15, 0.2) is 0 Å². The second-order valence-electron chi connectivity index (χ2n) is 3.87. The molecular weight excluding hydrogens is 256 g/mol. The highest BCUT2D eigenvalue weighted by Crippen LogP contribution is 1.97. The second kappa shape index (κ2) is 8.72. The van der Waals surface area contributed by atoms with E-state index >= 15 is 0 Å². The third-order valence-corrected chi connectivity index (χ3v) is 2.17. The Balaban J connectivity index is 3.99. The molecule has 0 radical (unpaired) electrons. The zero-order valence-corrected chi connectivity index (χ0v) is 10.3. The number of hydrogen-bond acceptors (Lipinski definition) is 4. The Hall–Kier alpha value is -2.32. The molecule has 0 aliphatic carbocycles. The van der Waals surface area contributed by atoms with Crippen LogP contribution in [-0.4, -0.2) is 41.5 Å². The molecule has 7 N–H and O–H groups in total. The maximum Gasteiger partial charge on any atom is 0.326 e. The number of rotatable bonds is 9. The number of carboxylic acids is 1. The predicted molar refractivity (Wildman–Crippen MR) is 64.8 cm³/mol. The summed E-state index contributed by atoms with van der Waals surface area (Å²) in [6, 6.07) is -1.88. The van der Waals surface area contributed by atoms with Crippen molar-refractivity contribution in [3.05, 3.63) is 0 Å². The Kier molecular flexibility index (Phi) is 7.66. The summed E-state index contributed by atoms with van der Waals surface area (Å²) in [7, 11) is 0. The lowest BCUT2D eigenvalue weighted by molar-refractivity contribution is -0.139. The van der Waals surface area contributed by atoms with E-state index in [9.17, 15) is 19.2 Å². The van der Waals surface area contributed by atoms with Gasteiger partial charge in [0.25, 0.3) is 0 Å². The fraction of sp³-hybridized carbons (Fsp3) is 0.600. The van der Waals surface area contributed by atoms with Crippen LogP contribution in [0.4, 0.5) is 4.79 Å². The third-order valence-electron chi connectivity index (χ3n) is 2.17. The number of carboxylic acid groups (broad SMARTS) is 1. The molecule has 0 aliphatic heterocycles. The van der Waals surface area contributed by atoms with Crippen LogP contribution in [0.1, 0.15) is 25.7 Å². The van der Waals surface area contributed by atoms with Gasteiger partial charge in [0.15, 0.2) is 0 Å². The third kappa shape index (κ3) is 9.39. The number of nitrogens with two attached hydrogens (primary N) is 2. The standard InChI is InChI=1S/C10H18N4O5/c11-7(15)2-1-5-13-10(19)14-6(9(17)18)3-4-8(12)16/h6H,1-5H2,(H2,11,15)(H2,12,16)(H,17,18)(H2,13,14,19). The Morgan fingerprint density at radius 3 is 2.11 bits per heavy atom. The van der Waals surface area contributed by atoms with Crippen molar-refractivity contribution in [1.82, 2.24) is 10.6 Å². The Labute approximate surface area is 109 Å². The minimum Gasteiger partial charge on any atom is -0.480 e. The molecular formula is C10H18N4O5. The second-order valence-corrected chi connectivity index (χ2v) is 3.87. The number of carbonyl (C=O) groups is 4. The van der Waals surface area contributed by atoms with Gasteiger partial charge < -0.3 is 27.2 Å². The fourth-order valence-electron chi connectivity index (χ4n) is 1.22. The van der Waals surface area contributed by atoms with E-state index < -0.39 is 29.9 Å². The summed E-state index contributed by atoms with van der Waals surface area (Å²) in [6.07, 6.45) is 0.268. The molecule has 1 unspecified atom stereocenters. The van der Waals surface area contributed by atoms with Gasteiger partial charge >= 0.3 is 12.0 Å². The van der Waals surface area contributed by atoms with Gasteiger partial charge in [-0.1, -0.05) is 0 Å². The van der Waals surface area contributed by atoms with Crippen LogP contribution in [0.2, 0.25) is 0 Å². The average Bonchev–Trinajstić information content (AvgIpc) is 2.29. The van der Waals surface area contributed by atoms with Crippen LogP contribution in [0.25, 0.3) is 0 Å². The van der Waals surface area contributed by atoms with Gasteiger partial charge in [-0.3, -0.25) is 9.59 Å². The number of aliphatic carboxylic acids is 1. The number of urea groups is 1. The summed E-state index contributed by atoms with van der Waals surface area (Å²) >= 11 is 0. The number of hydrogen-bond donors (Lipinski definition) is 5. The first-order valence-electron chi connectivity index (χ1n) is 5.66. The largest absolute Gasteiger partial charge is 0.480 e. The first kappa shape index (κ1) is 16.7. The van der Waals surface area contributed by atoms with Crippen molar-refractivity contribution in [3.8, 4) is 0 Å². The first-order chi connectivity index (χ1) is 8.82. The lowest BCUT2D eigenvalue weighted by Crippen LogP contribution is -2.46. The van der Waals surface area contributed by atoms with E-state index in [-0.39, 0.29) is 25.8 Å². The maximum atomic E-state index is 11.3. The molecule has 4 amide bonds. The summed E-state index contributed by atoms with van der Waals surface area (Å²) in [6.45, 7) is 0.191. The van der Waals surface area contributed by atoms with E-state index in [1.807, 2.05) is 0 Å². The smallest absolute Gasteiger partial charge is 0.326 e. The maximum absolute atomic E-state index is 11.3. The van der Waals surface area contributed by atoms with Crippen LogP contribution in [-0.2, 0) is 14.4 Å². The number of primary amides is 2. The Morgan fingerprint density at radius 1 is 1.05 bits per heavy atom. The zero-order valence-electron chi connectivity index (χ0n) is 10.3. The molecule has 0 aromatic rings. The monoisotopic (exact) mass is 274 g/mol. The number of amides is 4. The SMILES string of the molecule is NC(=O)CCCNC(=O)NC(CCC(N)=O)C(=O)O. The van der Waals surface area contributed by atoms with Crippen LogP contribution in [0.3, 0.4) is 0 Å². The molecule has 1 atom stereocenters. The van der Waals surface area contributed by atoms with Gasteiger partial charge in [-0.25, -0.2) is 9.59 Å². The first-order valence-corrected chi connectivity index (χ1v) is 5.66. The molecule has 0 heterocycles. The van der Waals surface area contributed by atoms with Gasteiger partial charge in [0, 0.05) is 19.4 Å². The number of carbonyl (C=O) groups excluding carboxylic acids is 3. The van der Waals surface area contributed by atoms with Crippen molar-refractivity contribution in [2.75, 3.05) is 6.54 Å². The van der Waals surface area contributed by atoms with Crippen LogP contribution >= 0.6 is 0 Å². The molecule has 0 rings (SSSR count). The minimum atomic E-state index is -1.26. The highest BCUT2D eigenvalue weighted by molar-refractivity contribution is 5.83. The lowest BCUT2D eigenvalue weighted by atomic mass is 10.1. The Bertz CT molecular complexity index is 358. The van der Waals surface area contributed by atoms with E-state index in [1.165, 1.54) is 0 Å². The molecule has 9 nitrogen and oxygen atoms in total. The molecule has 19 heavy (non-hydrogen) atoms. The van der Waals surface area contributed by atoms with Crippen molar-refractivity contribution < 1.29 is 24.3 Å². The van der Waals surface area contributed by atoms with E-state index in [0.29, 0.717) is 6.42 Å². The van der Waals surface area contributed by atoms with E-state index in [4.69, 9.17) is 16.6 Å². The van der Waals surface area contributed by atoms with Gasteiger partial charge in [0.1, 0.15) is 6.04 Å². The van der Waals surface area contributed by atoms with Crippen LogP contribution < -0.4 is 22.1 Å². The van der Waals surface area contributed by atoms with Crippen molar-refractivity contribution in [3.63, 3.8) is 0 Å². The average molecular weight is 274 g/mol. The van der Waals surface area contributed by atoms with Gasteiger partial charge in [-0.15, -0.1) is 0 Å².